The van der Waals surface area contributed by atoms with E-state index in [-0.39, 0.29) is 5.91 Å². The number of nitrogens with zero attached hydrogens (tertiary/aromatic N) is 2. The maximum atomic E-state index is 13.3. The second-order valence-corrected chi connectivity index (χ2v) is 9.14. The van der Waals surface area contributed by atoms with E-state index in [2.05, 4.69) is 35.3 Å². The summed E-state index contributed by atoms with van der Waals surface area (Å²) in [6.07, 6.45) is 4.35. The Kier molecular flexibility index (Phi) is 7.60. The van der Waals surface area contributed by atoms with Crippen LogP contribution in [0.15, 0.2) is 91.3 Å². The van der Waals surface area contributed by atoms with Gasteiger partial charge in [-0.05, 0) is 52.6 Å². The molecule has 5 rings (SSSR count). The van der Waals surface area contributed by atoms with Crippen LogP contribution in [0.5, 0.6) is 5.75 Å². The lowest BCUT2D eigenvalue weighted by atomic mass is 9.98. The predicted molar refractivity (Wildman–Crippen MR) is 141 cm³/mol. The molecule has 2 heterocycles. The molecule has 3 aromatic carbocycles. The van der Waals surface area contributed by atoms with E-state index in [0.29, 0.717) is 49.9 Å². The van der Waals surface area contributed by atoms with E-state index in [1.807, 2.05) is 42.6 Å². The van der Waals surface area contributed by atoms with Crippen LogP contribution in [-0.2, 0) is 17.7 Å². The van der Waals surface area contributed by atoms with E-state index in [4.69, 9.17) is 21.1 Å². The maximum absolute atomic E-state index is 13.3. The molecule has 36 heavy (non-hydrogen) atoms. The van der Waals surface area contributed by atoms with Crippen molar-refractivity contribution in [3.63, 3.8) is 0 Å². The molecule has 0 radical (unpaired) electrons. The molecule has 0 atom stereocenters. The number of ether oxygens (including phenoxy) is 2. The molecule has 0 fully saturated rings. The lowest BCUT2D eigenvalue weighted by Crippen LogP contribution is -2.34. The van der Waals surface area contributed by atoms with Crippen molar-refractivity contribution in [2.75, 3.05) is 26.4 Å². The molecule has 5 nitrogen and oxygen atoms in total. The fourth-order valence-electron chi connectivity index (χ4n) is 4.39. The molecule has 0 saturated heterocycles. The van der Waals surface area contributed by atoms with Gasteiger partial charge >= 0.3 is 0 Å². The Bertz CT molecular complexity index is 1340. The van der Waals surface area contributed by atoms with Crippen molar-refractivity contribution in [3.05, 3.63) is 119 Å². The van der Waals surface area contributed by atoms with Crippen LogP contribution in [0.3, 0.4) is 0 Å². The molecule has 6 heteroatoms. The molecular weight excluding hydrogens is 472 g/mol. The molecule has 1 aliphatic rings. The summed E-state index contributed by atoms with van der Waals surface area (Å²) < 4.78 is 11.9. The second-order valence-electron chi connectivity index (χ2n) is 8.73. The van der Waals surface area contributed by atoms with Crippen molar-refractivity contribution < 1.29 is 14.3 Å². The standard InChI is InChI=1S/C30H27ClN2O3/c31-28-9-2-1-8-27(28)30(34)33-13-14-35-15-16-36-29-11-10-24(25-7-4-12-32-20-25)19-26(29)18-22-5-3-6-23(17-22)21-33/h1-12,17,19-20H,13-16,18,21H2. The van der Waals surface area contributed by atoms with E-state index in [9.17, 15) is 4.79 Å². The molecule has 1 aromatic heterocycles. The highest BCUT2D eigenvalue weighted by atomic mass is 35.5. The molecule has 0 spiro atoms. The Morgan fingerprint density at radius 3 is 2.61 bits per heavy atom. The zero-order valence-electron chi connectivity index (χ0n) is 19.9. The third kappa shape index (κ3) is 5.76. The Morgan fingerprint density at radius 2 is 1.75 bits per heavy atom. The molecule has 0 saturated carbocycles. The van der Waals surface area contributed by atoms with E-state index in [0.717, 1.165) is 33.6 Å². The molecule has 1 aliphatic heterocycles. The van der Waals surface area contributed by atoms with Crippen LogP contribution in [0.4, 0.5) is 0 Å². The number of benzene rings is 3. The third-order valence-electron chi connectivity index (χ3n) is 6.20. The lowest BCUT2D eigenvalue weighted by Gasteiger charge is -2.24. The van der Waals surface area contributed by atoms with Crippen molar-refractivity contribution in [3.8, 4) is 16.9 Å². The summed E-state index contributed by atoms with van der Waals surface area (Å²) in [5, 5.41) is 0.450. The van der Waals surface area contributed by atoms with Gasteiger partial charge in [-0.2, -0.15) is 0 Å². The first-order valence-electron chi connectivity index (χ1n) is 12.0. The van der Waals surface area contributed by atoms with Crippen LogP contribution in [0.2, 0.25) is 5.02 Å². The number of pyridine rings is 1. The van der Waals surface area contributed by atoms with Crippen LogP contribution >= 0.6 is 11.6 Å². The van der Waals surface area contributed by atoms with E-state index in [1.165, 1.54) is 0 Å². The van der Waals surface area contributed by atoms with Crippen molar-refractivity contribution >= 4 is 17.5 Å². The van der Waals surface area contributed by atoms with Gasteiger partial charge in [-0.25, -0.2) is 0 Å². The van der Waals surface area contributed by atoms with Gasteiger partial charge in [-0.1, -0.05) is 60.1 Å². The van der Waals surface area contributed by atoms with Gasteiger partial charge in [0.1, 0.15) is 12.4 Å². The lowest BCUT2D eigenvalue weighted by molar-refractivity contribution is 0.0571. The topological polar surface area (TPSA) is 51.7 Å². The highest BCUT2D eigenvalue weighted by Gasteiger charge is 2.19. The van der Waals surface area contributed by atoms with Gasteiger partial charge in [-0.3, -0.25) is 9.78 Å². The number of fused-ring (bicyclic) bond motifs is 3. The number of carbonyl (C=O) groups excluding carboxylic acids is 1. The number of amides is 1. The maximum Gasteiger partial charge on any atom is 0.255 e. The highest BCUT2D eigenvalue weighted by Crippen LogP contribution is 2.29. The quantitative estimate of drug-likeness (QED) is 0.338. The largest absolute Gasteiger partial charge is 0.491 e. The number of halogens is 1. The van der Waals surface area contributed by atoms with E-state index in [1.54, 1.807) is 23.2 Å². The van der Waals surface area contributed by atoms with Gasteiger partial charge in [0.05, 0.1) is 23.8 Å². The fourth-order valence-corrected chi connectivity index (χ4v) is 4.61. The van der Waals surface area contributed by atoms with Gasteiger partial charge in [0.15, 0.2) is 0 Å². The molecule has 0 aliphatic carbocycles. The van der Waals surface area contributed by atoms with Gasteiger partial charge in [0, 0.05) is 37.5 Å². The SMILES string of the molecule is O=C(c1ccccc1Cl)N1CCOCCOc2ccc(-c3cccnc3)cc2Cc2cccc(c2)C1. The zero-order valence-corrected chi connectivity index (χ0v) is 20.7. The minimum atomic E-state index is -0.107. The first-order chi connectivity index (χ1) is 17.7. The van der Waals surface area contributed by atoms with Crippen molar-refractivity contribution in [2.45, 2.75) is 13.0 Å². The first kappa shape index (κ1) is 24.0. The number of aromatic nitrogens is 1. The normalized spacial score (nSPS) is 14.3. The predicted octanol–water partition coefficient (Wildman–Crippen LogP) is 6.04. The highest BCUT2D eigenvalue weighted by molar-refractivity contribution is 6.33. The minimum Gasteiger partial charge on any atom is -0.491 e. The minimum absolute atomic E-state index is 0.107. The molecule has 4 aromatic rings. The molecule has 1 amide bonds. The summed E-state index contributed by atoms with van der Waals surface area (Å²) in [5.74, 6) is 0.744. The Morgan fingerprint density at radius 1 is 0.861 bits per heavy atom. The number of hydrogen-bond acceptors (Lipinski definition) is 4. The number of carbonyl (C=O) groups is 1. The van der Waals surface area contributed by atoms with Crippen LogP contribution in [0.1, 0.15) is 27.0 Å². The molecular formula is C30H27ClN2O3. The van der Waals surface area contributed by atoms with Crippen molar-refractivity contribution in [1.82, 2.24) is 9.88 Å². The van der Waals surface area contributed by atoms with Crippen LogP contribution < -0.4 is 4.74 Å². The average molecular weight is 499 g/mol. The van der Waals surface area contributed by atoms with Gasteiger partial charge in [-0.15, -0.1) is 0 Å². The van der Waals surface area contributed by atoms with Gasteiger partial charge < -0.3 is 14.4 Å². The fraction of sp³-hybridized carbons (Fsp3) is 0.200. The second kappa shape index (κ2) is 11.4. The smallest absolute Gasteiger partial charge is 0.255 e. The van der Waals surface area contributed by atoms with E-state index < -0.39 is 0 Å². The third-order valence-corrected chi connectivity index (χ3v) is 6.53. The summed E-state index contributed by atoms with van der Waals surface area (Å²) in [7, 11) is 0. The van der Waals surface area contributed by atoms with Crippen molar-refractivity contribution in [2.24, 2.45) is 0 Å². The number of rotatable bonds is 2. The number of hydrogen-bond donors (Lipinski definition) is 0. The molecule has 0 unspecified atom stereocenters. The van der Waals surface area contributed by atoms with Gasteiger partial charge in [0.25, 0.3) is 5.91 Å². The Labute approximate surface area is 216 Å². The average Bonchev–Trinajstić information content (AvgIpc) is 2.91. The summed E-state index contributed by atoms with van der Waals surface area (Å²) in [6.45, 7) is 2.20. The monoisotopic (exact) mass is 498 g/mol. The Hall–Kier alpha value is -3.67. The summed E-state index contributed by atoms with van der Waals surface area (Å²) >= 11 is 6.33. The summed E-state index contributed by atoms with van der Waals surface area (Å²) in [4.78, 5) is 19.4. The molecule has 2 bridgehead atoms. The van der Waals surface area contributed by atoms with Crippen LogP contribution in [0, 0.1) is 0 Å². The van der Waals surface area contributed by atoms with Gasteiger partial charge in [0.2, 0.25) is 0 Å². The first-order valence-corrected chi connectivity index (χ1v) is 12.4. The van der Waals surface area contributed by atoms with Crippen LogP contribution in [0.25, 0.3) is 11.1 Å². The van der Waals surface area contributed by atoms with E-state index >= 15 is 0 Å². The Balaban J connectivity index is 1.45. The summed E-state index contributed by atoms with van der Waals surface area (Å²) in [6, 6.07) is 25.8. The van der Waals surface area contributed by atoms with Crippen LogP contribution in [-0.4, -0.2) is 42.2 Å². The zero-order chi connectivity index (χ0) is 24.7. The molecule has 0 N–H and O–H groups in total. The summed E-state index contributed by atoms with van der Waals surface area (Å²) in [5.41, 5.74) is 5.95. The van der Waals surface area contributed by atoms with Crippen molar-refractivity contribution in [1.29, 1.82) is 0 Å². The molecule has 182 valence electrons.